The van der Waals surface area contributed by atoms with Gasteiger partial charge in [-0.25, -0.2) is 0 Å². The Morgan fingerprint density at radius 1 is 1.40 bits per heavy atom. The van der Waals surface area contributed by atoms with Gasteiger partial charge < -0.3 is 11.1 Å². The van der Waals surface area contributed by atoms with Crippen molar-refractivity contribution in [2.75, 3.05) is 26.7 Å². The van der Waals surface area contributed by atoms with Gasteiger partial charge in [0, 0.05) is 39.1 Å². The molecule has 1 aliphatic carbocycles. The van der Waals surface area contributed by atoms with E-state index >= 15 is 0 Å². The van der Waals surface area contributed by atoms with Crippen molar-refractivity contribution in [3.05, 3.63) is 0 Å². The molecular formula is C11H23N3O. The fourth-order valence-corrected chi connectivity index (χ4v) is 2.28. The van der Waals surface area contributed by atoms with Crippen molar-refractivity contribution >= 4 is 5.91 Å². The second-order valence-corrected chi connectivity index (χ2v) is 4.19. The van der Waals surface area contributed by atoms with Gasteiger partial charge in [0.25, 0.3) is 0 Å². The number of nitrogens with zero attached hydrogens (tertiary/aromatic N) is 1. The molecule has 1 rings (SSSR count). The number of nitrogens with two attached hydrogens (primary N) is 1. The number of amides is 1. The molecule has 4 heteroatoms. The Morgan fingerprint density at radius 3 is 2.60 bits per heavy atom. The van der Waals surface area contributed by atoms with Gasteiger partial charge in [0.1, 0.15) is 0 Å². The fraction of sp³-hybridized carbons (Fsp3) is 0.909. The number of nitrogens with one attached hydrogen (secondary N) is 1. The average Bonchev–Trinajstić information content (AvgIpc) is 2.76. The summed E-state index contributed by atoms with van der Waals surface area (Å²) in [5, 5.41) is 2.66. The van der Waals surface area contributed by atoms with Crippen LogP contribution in [0.3, 0.4) is 0 Å². The van der Waals surface area contributed by atoms with Crippen LogP contribution in [0.2, 0.25) is 0 Å². The van der Waals surface area contributed by atoms with E-state index in [0.29, 0.717) is 19.0 Å². The number of hydrogen-bond acceptors (Lipinski definition) is 3. The Hall–Kier alpha value is -0.610. The van der Waals surface area contributed by atoms with Crippen LogP contribution in [-0.2, 0) is 4.79 Å². The smallest absolute Gasteiger partial charge is 0.221 e. The van der Waals surface area contributed by atoms with E-state index in [-0.39, 0.29) is 5.91 Å². The molecule has 0 aromatic heterocycles. The van der Waals surface area contributed by atoms with Crippen LogP contribution in [0, 0.1) is 0 Å². The van der Waals surface area contributed by atoms with E-state index in [0.717, 1.165) is 13.1 Å². The Morgan fingerprint density at radius 2 is 2.07 bits per heavy atom. The lowest BCUT2D eigenvalue weighted by molar-refractivity contribution is -0.121. The van der Waals surface area contributed by atoms with Crippen molar-refractivity contribution in [2.45, 2.75) is 38.1 Å². The zero-order valence-electron chi connectivity index (χ0n) is 9.67. The largest absolute Gasteiger partial charge is 0.359 e. The summed E-state index contributed by atoms with van der Waals surface area (Å²) in [5.74, 6) is 0.120. The van der Waals surface area contributed by atoms with E-state index in [1.165, 1.54) is 25.7 Å². The molecule has 0 heterocycles. The Balaban J connectivity index is 2.32. The van der Waals surface area contributed by atoms with Gasteiger partial charge in [-0.1, -0.05) is 12.8 Å². The summed E-state index contributed by atoms with van der Waals surface area (Å²) in [4.78, 5) is 13.5. The number of hydrogen-bond donors (Lipinski definition) is 2. The highest BCUT2D eigenvalue weighted by Gasteiger charge is 2.21. The molecule has 0 aromatic carbocycles. The average molecular weight is 213 g/mol. The van der Waals surface area contributed by atoms with Gasteiger partial charge in [0.2, 0.25) is 5.91 Å². The fourth-order valence-electron chi connectivity index (χ4n) is 2.28. The van der Waals surface area contributed by atoms with E-state index in [1.807, 2.05) is 0 Å². The van der Waals surface area contributed by atoms with Crippen LogP contribution in [0.1, 0.15) is 32.1 Å². The minimum Gasteiger partial charge on any atom is -0.359 e. The van der Waals surface area contributed by atoms with Crippen LogP contribution < -0.4 is 11.1 Å². The topological polar surface area (TPSA) is 58.4 Å². The highest BCUT2D eigenvalue weighted by molar-refractivity contribution is 5.75. The third kappa shape index (κ3) is 4.18. The van der Waals surface area contributed by atoms with E-state index in [4.69, 9.17) is 5.73 Å². The first-order valence-corrected chi connectivity index (χ1v) is 5.92. The minimum atomic E-state index is 0.120. The summed E-state index contributed by atoms with van der Waals surface area (Å²) in [6, 6.07) is 0.665. The number of carbonyl (C=O) groups excluding carboxylic acids is 1. The first-order chi connectivity index (χ1) is 7.27. The molecule has 1 fully saturated rings. The Labute approximate surface area is 92.2 Å². The molecule has 0 bridgehead atoms. The van der Waals surface area contributed by atoms with Crippen LogP contribution in [0.15, 0.2) is 0 Å². The van der Waals surface area contributed by atoms with Crippen LogP contribution in [0.4, 0.5) is 0 Å². The van der Waals surface area contributed by atoms with Gasteiger partial charge in [-0.3, -0.25) is 9.69 Å². The van der Waals surface area contributed by atoms with Crippen LogP contribution in [0.5, 0.6) is 0 Å². The summed E-state index contributed by atoms with van der Waals surface area (Å²) in [6.45, 7) is 2.45. The van der Waals surface area contributed by atoms with Gasteiger partial charge in [-0.05, 0) is 12.8 Å². The maximum atomic E-state index is 11.2. The predicted molar refractivity (Wildman–Crippen MR) is 61.6 cm³/mol. The van der Waals surface area contributed by atoms with Crippen LogP contribution in [-0.4, -0.2) is 43.5 Å². The molecule has 1 amide bonds. The molecule has 0 atom stereocenters. The SMILES string of the molecule is CNC(=O)CCN(CCN)C1CCCC1. The Bertz CT molecular complexity index is 190. The monoisotopic (exact) mass is 213 g/mol. The molecule has 0 aromatic rings. The standard InChI is InChI=1S/C11H23N3O/c1-13-11(15)6-8-14(9-7-12)10-4-2-3-5-10/h10H,2-9,12H2,1H3,(H,13,15). The van der Waals surface area contributed by atoms with Crippen molar-refractivity contribution in [3.8, 4) is 0 Å². The lowest BCUT2D eigenvalue weighted by Gasteiger charge is -2.27. The molecule has 0 unspecified atom stereocenters. The maximum absolute atomic E-state index is 11.2. The molecule has 0 spiro atoms. The highest BCUT2D eigenvalue weighted by Crippen LogP contribution is 2.23. The normalized spacial score (nSPS) is 17.3. The molecule has 3 N–H and O–H groups in total. The first kappa shape index (κ1) is 12.5. The zero-order chi connectivity index (χ0) is 11.1. The summed E-state index contributed by atoms with van der Waals surface area (Å²) < 4.78 is 0. The molecule has 1 saturated carbocycles. The third-order valence-corrected chi connectivity index (χ3v) is 3.16. The maximum Gasteiger partial charge on any atom is 0.221 e. The quantitative estimate of drug-likeness (QED) is 0.668. The van der Waals surface area contributed by atoms with Gasteiger partial charge in [0.05, 0.1) is 0 Å². The lowest BCUT2D eigenvalue weighted by atomic mass is 10.2. The van der Waals surface area contributed by atoms with Gasteiger partial charge >= 0.3 is 0 Å². The minimum absolute atomic E-state index is 0.120. The van der Waals surface area contributed by atoms with Crippen molar-refractivity contribution in [1.82, 2.24) is 10.2 Å². The summed E-state index contributed by atoms with van der Waals surface area (Å²) in [6.07, 6.45) is 5.78. The summed E-state index contributed by atoms with van der Waals surface area (Å²) >= 11 is 0. The van der Waals surface area contributed by atoms with Crippen LogP contribution in [0.25, 0.3) is 0 Å². The molecular weight excluding hydrogens is 190 g/mol. The van der Waals surface area contributed by atoms with E-state index < -0.39 is 0 Å². The predicted octanol–water partition coefficient (Wildman–Crippen LogP) is 0.326. The van der Waals surface area contributed by atoms with E-state index in [2.05, 4.69) is 10.2 Å². The van der Waals surface area contributed by atoms with Gasteiger partial charge in [-0.2, -0.15) is 0 Å². The third-order valence-electron chi connectivity index (χ3n) is 3.16. The van der Waals surface area contributed by atoms with Crippen molar-refractivity contribution < 1.29 is 4.79 Å². The summed E-state index contributed by atoms with van der Waals surface area (Å²) in [5.41, 5.74) is 5.59. The second kappa shape index (κ2) is 6.80. The molecule has 1 aliphatic rings. The van der Waals surface area contributed by atoms with Crippen LogP contribution >= 0.6 is 0 Å². The zero-order valence-corrected chi connectivity index (χ0v) is 9.67. The number of carbonyl (C=O) groups is 1. The highest BCUT2D eigenvalue weighted by atomic mass is 16.1. The second-order valence-electron chi connectivity index (χ2n) is 4.19. The lowest BCUT2D eigenvalue weighted by Crippen LogP contribution is -2.39. The van der Waals surface area contributed by atoms with Gasteiger partial charge in [-0.15, -0.1) is 0 Å². The number of rotatable bonds is 6. The Kier molecular flexibility index (Phi) is 5.65. The first-order valence-electron chi connectivity index (χ1n) is 5.92. The molecule has 4 nitrogen and oxygen atoms in total. The van der Waals surface area contributed by atoms with Crippen molar-refractivity contribution in [2.24, 2.45) is 5.73 Å². The van der Waals surface area contributed by atoms with Gasteiger partial charge in [0.15, 0.2) is 0 Å². The summed E-state index contributed by atoms with van der Waals surface area (Å²) in [7, 11) is 1.69. The van der Waals surface area contributed by atoms with E-state index in [1.54, 1.807) is 7.05 Å². The van der Waals surface area contributed by atoms with Crippen molar-refractivity contribution in [1.29, 1.82) is 0 Å². The van der Waals surface area contributed by atoms with E-state index in [9.17, 15) is 4.79 Å². The molecule has 0 radical (unpaired) electrons. The van der Waals surface area contributed by atoms with Crippen molar-refractivity contribution in [3.63, 3.8) is 0 Å². The molecule has 0 aliphatic heterocycles. The molecule has 88 valence electrons. The molecule has 0 saturated heterocycles. The molecule has 15 heavy (non-hydrogen) atoms.